The third kappa shape index (κ3) is 5.98. The zero-order chi connectivity index (χ0) is 14.4. The maximum Gasteiger partial charge on any atom is 0.251 e. The van der Waals surface area contributed by atoms with E-state index in [1.54, 1.807) is 7.05 Å². The van der Waals surface area contributed by atoms with Gasteiger partial charge in [-0.2, -0.15) is 0 Å². The van der Waals surface area contributed by atoms with Crippen molar-refractivity contribution >= 4 is 0 Å². The monoisotopic (exact) mass is 273 g/mol. The quantitative estimate of drug-likeness (QED) is 0.827. The number of ether oxygens (including phenoxy) is 1. The Labute approximate surface area is 112 Å². The molecule has 1 N–H and O–H groups in total. The van der Waals surface area contributed by atoms with Crippen molar-refractivity contribution in [1.29, 1.82) is 0 Å². The van der Waals surface area contributed by atoms with E-state index in [-0.39, 0.29) is 19.7 Å². The summed E-state index contributed by atoms with van der Waals surface area (Å²) in [6, 6.07) is 5.77. The van der Waals surface area contributed by atoms with Crippen LogP contribution in [0.1, 0.15) is 11.1 Å². The van der Waals surface area contributed by atoms with Crippen LogP contribution in [0.4, 0.5) is 8.78 Å². The van der Waals surface area contributed by atoms with E-state index in [4.69, 9.17) is 4.74 Å². The first-order chi connectivity index (χ1) is 8.88. The third-order valence-electron chi connectivity index (χ3n) is 2.73. The lowest BCUT2D eigenvalue weighted by Crippen LogP contribution is -2.35. The Morgan fingerprint density at radius 1 is 1.26 bits per heavy atom. The molecule has 1 unspecified atom stereocenters. The Hall–Kier alpha value is -1.20. The number of likely N-dealkylation sites (N-methyl/N-ethyl adjacent to an activating group) is 1. The SMILES string of the molecule is Cc1ccc(OCC(O)CN(C)CC(F)F)c(C)c1. The van der Waals surface area contributed by atoms with Gasteiger partial charge >= 0.3 is 0 Å². The molecule has 0 radical (unpaired) electrons. The second kappa shape index (κ2) is 7.40. The number of aryl methyl sites for hydroxylation is 2. The van der Waals surface area contributed by atoms with Gasteiger partial charge in [-0.05, 0) is 32.5 Å². The van der Waals surface area contributed by atoms with Gasteiger partial charge in [0.1, 0.15) is 18.5 Å². The van der Waals surface area contributed by atoms with Gasteiger partial charge in [-0.1, -0.05) is 17.7 Å². The number of benzene rings is 1. The number of aliphatic hydroxyl groups excluding tert-OH is 1. The topological polar surface area (TPSA) is 32.7 Å². The largest absolute Gasteiger partial charge is 0.491 e. The van der Waals surface area contributed by atoms with Crippen LogP contribution in [-0.2, 0) is 0 Å². The summed E-state index contributed by atoms with van der Waals surface area (Å²) in [6.07, 6.45) is -3.18. The molecule has 0 saturated heterocycles. The molecule has 0 aromatic heterocycles. The van der Waals surface area contributed by atoms with Crippen molar-refractivity contribution in [3.63, 3.8) is 0 Å². The molecule has 108 valence electrons. The minimum Gasteiger partial charge on any atom is -0.491 e. The molecule has 19 heavy (non-hydrogen) atoms. The number of hydrogen-bond donors (Lipinski definition) is 1. The molecule has 0 fully saturated rings. The minimum absolute atomic E-state index is 0.0947. The Balaban J connectivity index is 2.39. The minimum atomic E-state index is -2.39. The summed E-state index contributed by atoms with van der Waals surface area (Å²) in [4.78, 5) is 1.39. The molecule has 5 heteroatoms. The molecule has 0 spiro atoms. The highest BCUT2D eigenvalue weighted by Crippen LogP contribution is 2.18. The summed E-state index contributed by atoms with van der Waals surface area (Å²) >= 11 is 0. The van der Waals surface area contributed by atoms with Crippen molar-refractivity contribution in [3.8, 4) is 5.75 Å². The van der Waals surface area contributed by atoms with E-state index in [9.17, 15) is 13.9 Å². The van der Waals surface area contributed by atoms with Crippen LogP contribution < -0.4 is 4.74 Å². The molecule has 0 amide bonds. The number of halogens is 2. The molecule has 0 bridgehead atoms. The van der Waals surface area contributed by atoms with E-state index in [2.05, 4.69) is 0 Å². The molecule has 0 aliphatic heterocycles. The summed E-state index contributed by atoms with van der Waals surface area (Å²) in [5.74, 6) is 0.709. The lowest BCUT2D eigenvalue weighted by molar-refractivity contribution is 0.0472. The molecule has 3 nitrogen and oxygen atoms in total. The molecule has 0 aliphatic rings. The lowest BCUT2D eigenvalue weighted by Gasteiger charge is -2.20. The van der Waals surface area contributed by atoms with E-state index in [0.717, 1.165) is 11.1 Å². The van der Waals surface area contributed by atoms with Crippen molar-refractivity contribution in [3.05, 3.63) is 29.3 Å². The van der Waals surface area contributed by atoms with Gasteiger partial charge in [0.05, 0.1) is 6.54 Å². The van der Waals surface area contributed by atoms with E-state index in [1.165, 1.54) is 4.90 Å². The van der Waals surface area contributed by atoms with E-state index in [1.807, 2.05) is 32.0 Å². The van der Waals surface area contributed by atoms with Crippen LogP contribution in [0.2, 0.25) is 0 Å². The van der Waals surface area contributed by atoms with Crippen molar-refractivity contribution in [2.45, 2.75) is 26.4 Å². The molecule has 0 saturated carbocycles. The Morgan fingerprint density at radius 2 is 1.95 bits per heavy atom. The summed E-state index contributed by atoms with van der Waals surface area (Å²) in [5, 5.41) is 9.73. The van der Waals surface area contributed by atoms with Gasteiger partial charge in [0.2, 0.25) is 0 Å². The van der Waals surface area contributed by atoms with E-state index < -0.39 is 12.5 Å². The summed E-state index contributed by atoms with van der Waals surface area (Å²) in [5.41, 5.74) is 2.13. The highest BCUT2D eigenvalue weighted by atomic mass is 19.3. The van der Waals surface area contributed by atoms with Gasteiger partial charge in [0, 0.05) is 6.54 Å². The zero-order valence-corrected chi connectivity index (χ0v) is 11.6. The maximum atomic E-state index is 12.1. The van der Waals surface area contributed by atoms with Gasteiger partial charge in [-0.15, -0.1) is 0 Å². The smallest absolute Gasteiger partial charge is 0.251 e. The fourth-order valence-corrected chi connectivity index (χ4v) is 1.87. The fraction of sp³-hybridized carbons (Fsp3) is 0.571. The fourth-order valence-electron chi connectivity index (χ4n) is 1.87. The van der Waals surface area contributed by atoms with E-state index in [0.29, 0.717) is 5.75 Å². The van der Waals surface area contributed by atoms with Crippen LogP contribution in [-0.4, -0.2) is 49.3 Å². The molecular weight excluding hydrogens is 252 g/mol. The van der Waals surface area contributed by atoms with Crippen molar-refractivity contribution in [2.24, 2.45) is 0 Å². The normalized spacial score (nSPS) is 13.1. The number of aliphatic hydroxyl groups is 1. The average Bonchev–Trinajstić information content (AvgIpc) is 2.26. The zero-order valence-electron chi connectivity index (χ0n) is 11.6. The highest BCUT2D eigenvalue weighted by Gasteiger charge is 2.13. The second-order valence-electron chi connectivity index (χ2n) is 4.85. The van der Waals surface area contributed by atoms with Crippen LogP contribution in [0.25, 0.3) is 0 Å². The third-order valence-corrected chi connectivity index (χ3v) is 2.73. The van der Waals surface area contributed by atoms with Gasteiger partial charge in [0.25, 0.3) is 6.43 Å². The molecule has 1 atom stereocenters. The molecule has 0 aliphatic carbocycles. The molecule has 1 rings (SSSR count). The molecular formula is C14H21F2NO2. The molecule has 0 heterocycles. The van der Waals surface area contributed by atoms with Crippen molar-refractivity contribution < 1.29 is 18.6 Å². The standard InChI is InChI=1S/C14H21F2NO2/c1-10-4-5-13(11(2)6-10)19-9-12(18)7-17(3)8-14(15)16/h4-6,12,14,18H,7-9H2,1-3H3. The van der Waals surface area contributed by atoms with Gasteiger partial charge in [-0.3, -0.25) is 4.90 Å². The Kier molecular flexibility index (Phi) is 6.18. The lowest BCUT2D eigenvalue weighted by atomic mass is 10.1. The first kappa shape index (κ1) is 15.9. The predicted octanol–water partition coefficient (Wildman–Crippen LogP) is 2.24. The van der Waals surface area contributed by atoms with Crippen LogP contribution in [0.3, 0.4) is 0 Å². The number of rotatable bonds is 7. The first-order valence-electron chi connectivity index (χ1n) is 6.23. The average molecular weight is 273 g/mol. The summed E-state index contributed by atoms with van der Waals surface area (Å²) in [6.45, 7) is 3.83. The number of alkyl halides is 2. The Bertz CT molecular complexity index is 399. The van der Waals surface area contributed by atoms with Crippen molar-refractivity contribution in [2.75, 3.05) is 26.7 Å². The maximum absolute atomic E-state index is 12.1. The van der Waals surface area contributed by atoms with Crippen LogP contribution in [0.5, 0.6) is 5.75 Å². The van der Waals surface area contributed by atoms with Crippen LogP contribution in [0, 0.1) is 13.8 Å². The van der Waals surface area contributed by atoms with Crippen molar-refractivity contribution in [1.82, 2.24) is 4.90 Å². The van der Waals surface area contributed by atoms with Gasteiger partial charge < -0.3 is 9.84 Å². The Morgan fingerprint density at radius 3 is 2.53 bits per heavy atom. The number of hydrogen-bond acceptors (Lipinski definition) is 3. The summed E-state index contributed by atoms with van der Waals surface area (Å²) < 4.78 is 29.7. The van der Waals surface area contributed by atoms with Gasteiger partial charge in [0.15, 0.2) is 0 Å². The molecule has 1 aromatic rings. The van der Waals surface area contributed by atoms with Crippen LogP contribution >= 0.6 is 0 Å². The first-order valence-corrected chi connectivity index (χ1v) is 6.23. The van der Waals surface area contributed by atoms with E-state index >= 15 is 0 Å². The number of nitrogens with zero attached hydrogens (tertiary/aromatic N) is 1. The summed E-state index contributed by atoms with van der Waals surface area (Å²) in [7, 11) is 1.55. The van der Waals surface area contributed by atoms with Gasteiger partial charge in [-0.25, -0.2) is 8.78 Å². The highest BCUT2D eigenvalue weighted by molar-refractivity contribution is 5.35. The predicted molar refractivity (Wildman–Crippen MR) is 70.9 cm³/mol. The van der Waals surface area contributed by atoms with Crippen LogP contribution in [0.15, 0.2) is 18.2 Å². The molecule has 1 aromatic carbocycles. The second-order valence-corrected chi connectivity index (χ2v) is 4.85.